The van der Waals surface area contributed by atoms with Crippen LogP contribution in [0, 0.1) is 5.92 Å². The first-order valence-corrected chi connectivity index (χ1v) is 5.87. The highest BCUT2D eigenvalue weighted by molar-refractivity contribution is 4.87. The molecule has 3 nitrogen and oxygen atoms in total. The molecule has 1 atom stereocenters. The lowest BCUT2D eigenvalue weighted by Crippen LogP contribution is -2.55. The highest BCUT2D eigenvalue weighted by Crippen LogP contribution is 2.28. The van der Waals surface area contributed by atoms with Crippen molar-refractivity contribution < 1.29 is 5.11 Å². The topological polar surface area (TPSA) is 35.5 Å². The quantitative estimate of drug-likeness (QED) is 0.688. The fourth-order valence-corrected chi connectivity index (χ4v) is 2.81. The summed E-state index contributed by atoms with van der Waals surface area (Å²) in [6.07, 6.45) is 5.54. The van der Waals surface area contributed by atoms with Crippen LogP contribution >= 0.6 is 0 Å². The number of β-amino-alcohol motifs (C(OH)–C–C–N with tert-alkyl or cyclic N) is 1. The summed E-state index contributed by atoms with van der Waals surface area (Å²) in [6.45, 7) is 2.88. The van der Waals surface area contributed by atoms with E-state index in [1.54, 1.807) is 0 Å². The molecular weight excluding hydrogens is 176 g/mol. The van der Waals surface area contributed by atoms with Gasteiger partial charge in [0, 0.05) is 25.7 Å². The minimum absolute atomic E-state index is 0.0592. The third-order valence-electron chi connectivity index (χ3n) is 3.73. The van der Waals surface area contributed by atoms with Crippen molar-refractivity contribution in [2.75, 3.05) is 26.7 Å². The molecular formula is C11H22N2O. The first kappa shape index (κ1) is 10.4. The number of rotatable bonds is 4. The maximum absolute atomic E-state index is 9.21. The highest BCUT2D eigenvalue weighted by Gasteiger charge is 2.30. The van der Waals surface area contributed by atoms with Crippen LogP contribution in [0.2, 0.25) is 0 Å². The molecule has 1 aliphatic heterocycles. The maximum atomic E-state index is 9.21. The van der Waals surface area contributed by atoms with Crippen LogP contribution in [0.3, 0.4) is 0 Å². The summed E-state index contributed by atoms with van der Waals surface area (Å²) in [6, 6.07) is 0.644. The van der Waals surface area contributed by atoms with Crippen molar-refractivity contribution in [2.45, 2.75) is 37.8 Å². The van der Waals surface area contributed by atoms with E-state index in [-0.39, 0.29) is 6.10 Å². The summed E-state index contributed by atoms with van der Waals surface area (Å²) in [5.74, 6) is 0.873. The number of likely N-dealkylation sites (N-methyl/N-ethyl adjacent to an activating group) is 1. The van der Waals surface area contributed by atoms with Crippen molar-refractivity contribution in [3.8, 4) is 0 Å². The molecule has 2 N–H and O–H groups in total. The summed E-state index contributed by atoms with van der Waals surface area (Å²) >= 11 is 0. The van der Waals surface area contributed by atoms with Gasteiger partial charge in [-0.05, 0) is 25.8 Å². The van der Waals surface area contributed by atoms with Gasteiger partial charge in [-0.15, -0.1) is 0 Å². The molecule has 3 heteroatoms. The van der Waals surface area contributed by atoms with E-state index in [2.05, 4.69) is 17.3 Å². The molecule has 0 radical (unpaired) electrons. The SMILES string of the molecule is CN[C@H](CN1CC(O)C1)C1CCCC1. The highest BCUT2D eigenvalue weighted by atomic mass is 16.3. The van der Waals surface area contributed by atoms with Crippen LogP contribution in [0.5, 0.6) is 0 Å². The maximum Gasteiger partial charge on any atom is 0.0793 e. The molecule has 0 aromatic carbocycles. The number of hydrogen-bond acceptors (Lipinski definition) is 3. The lowest BCUT2D eigenvalue weighted by molar-refractivity contribution is -0.00603. The molecule has 2 aliphatic rings. The molecule has 2 rings (SSSR count). The molecule has 14 heavy (non-hydrogen) atoms. The van der Waals surface area contributed by atoms with Gasteiger partial charge < -0.3 is 10.4 Å². The Balaban J connectivity index is 1.75. The van der Waals surface area contributed by atoms with Gasteiger partial charge in [0.25, 0.3) is 0 Å². The number of aliphatic hydroxyl groups excluding tert-OH is 1. The minimum atomic E-state index is -0.0592. The third kappa shape index (κ3) is 2.27. The second-order valence-corrected chi connectivity index (χ2v) is 4.81. The van der Waals surface area contributed by atoms with Crippen LogP contribution in [0.15, 0.2) is 0 Å². The molecule has 0 bridgehead atoms. The standard InChI is InChI=1S/C11H22N2O/c1-12-11(9-4-2-3-5-9)8-13-6-10(14)7-13/h9-12,14H,2-8H2,1H3/t11-/m1/s1. The van der Waals surface area contributed by atoms with Crippen LogP contribution in [-0.4, -0.2) is 48.8 Å². The van der Waals surface area contributed by atoms with Gasteiger partial charge >= 0.3 is 0 Å². The van der Waals surface area contributed by atoms with Crippen molar-refractivity contribution in [1.29, 1.82) is 0 Å². The molecule has 0 unspecified atom stereocenters. The Bertz CT molecular complexity index is 174. The summed E-state index contributed by atoms with van der Waals surface area (Å²) in [5, 5.41) is 12.6. The monoisotopic (exact) mass is 198 g/mol. The first-order valence-electron chi connectivity index (χ1n) is 5.87. The van der Waals surface area contributed by atoms with E-state index < -0.39 is 0 Å². The Hall–Kier alpha value is -0.120. The number of aliphatic hydroxyl groups is 1. The number of nitrogens with zero attached hydrogens (tertiary/aromatic N) is 1. The van der Waals surface area contributed by atoms with Crippen molar-refractivity contribution in [2.24, 2.45) is 5.92 Å². The fourth-order valence-electron chi connectivity index (χ4n) is 2.81. The van der Waals surface area contributed by atoms with Gasteiger partial charge in [-0.3, -0.25) is 4.90 Å². The summed E-state index contributed by atoms with van der Waals surface area (Å²) in [7, 11) is 2.07. The molecule has 1 heterocycles. The molecule has 0 spiro atoms. The molecule has 1 saturated heterocycles. The predicted molar refractivity (Wildman–Crippen MR) is 57.3 cm³/mol. The average molecular weight is 198 g/mol. The molecule has 0 amide bonds. The normalized spacial score (nSPS) is 27.9. The number of likely N-dealkylation sites (tertiary alicyclic amines) is 1. The number of hydrogen-bond donors (Lipinski definition) is 2. The molecule has 0 aromatic rings. The summed E-state index contributed by atoms with van der Waals surface area (Å²) < 4.78 is 0. The smallest absolute Gasteiger partial charge is 0.0793 e. The third-order valence-corrected chi connectivity index (χ3v) is 3.73. The second kappa shape index (κ2) is 4.60. The van der Waals surface area contributed by atoms with E-state index in [1.807, 2.05) is 0 Å². The molecule has 0 aromatic heterocycles. The van der Waals surface area contributed by atoms with E-state index in [1.165, 1.54) is 25.7 Å². The Labute approximate surface area is 86.5 Å². The fraction of sp³-hybridized carbons (Fsp3) is 1.00. The largest absolute Gasteiger partial charge is 0.390 e. The van der Waals surface area contributed by atoms with Gasteiger partial charge in [0.1, 0.15) is 0 Å². The van der Waals surface area contributed by atoms with Crippen LogP contribution in [-0.2, 0) is 0 Å². The Morgan fingerprint density at radius 1 is 1.36 bits per heavy atom. The van der Waals surface area contributed by atoms with Gasteiger partial charge in [-0.25, -0.2) is 0 Å². The van der Waals surface area contributed by atoms with Gasteiger partial charge in [0.05, 0.1) is 6.10 Å². The van der Waals surface area contributed by atoms with E-state index in [0.717, 1.165) is 25.6 Å². The summed E-state index contributed by atoms with van der Waals surface area (Å²) in [4.78, 5) is 2.35. The number of nitrogens with one attached hydrogen (secondary N) is 1. The van der Waals surface area contributed by atoms with E-state index in [9.17, 15) is 5.11 Å². The van der Waals surface area contributed by atoms with Crippen molar-refractivity contribution >= 4 is 0 Å². The Kier molecular flexibility index (Phi) is 3.42. The van der Waals surface area contributed by atoms with Crippen LogP contribution in [0.4, 0.5) is 0 Å². The molecule has 1 saturated carbocycles. The van der Waals surface area contributed by atoms with Gasteiger partial charge in [0.2, 0.25) is 0 Å². The zero-order valence-electron chi connectivity index (χ0n) is 9.08. The Morgan fingerprint density at radius 3 is 2.50 bits per heavy atom. The van der Waals surface area contributed by atoms with E-state index >= 15 is 0 Å². The minimum Gasteiger partial charge on any atom is -0.390 e. The van der Waals surface area contributed by atoms with Crippen molar-refractivity contribution in [1.82, 2.24) is 10.2 Å². The van der Waals surface area contributed by atoms with E-state index in [0.29, 0.717) is 6.04 Å². The Morgan fingerprint density at radius 2 is 2.00 bits per heavy atom. The van der Waals surface area contributed by atoms with E-state index in [4.69, 9.17) is 0 Å². The van der Waals surface area contributed by atoms with Crippen LogP contribution in [0.1, 0.15) is 25.7 Å². The van der Waals surface area contributed by atoms with Crippen LogP contribution in [0.25, 0.3) is 0 Å². The molecule has 1 aliphatic carbocycles. The lowest BCUT2D eigenvalue weighted by Gasteiger charge is -2.39. The molecule has 2 fully saturated rings. The second-order valence-electron chi connectivity index (χ2n) is 4.81. The first-order chi connectivity index (χ1) is 6.79. The average Bonchev–Trinajstić information content (AvgIpc) is 2.63. The van der Waals surface area contributed by atoms with Gasteiger partial charge in [-0.1, -0.05) is 12.8 Å². The zero-order chi connectivity index (χ0) is 9.97. The van der Waals surface area contributed by atoms with Crippen molar-refractivity contribution in [3.05, 3.63) is 0 Å². The predicted octanol–water partition coefficient (Wildman–Crippen LogP) is 0.441. The lowest BCUT2D eigenvalue weighted by atomic mass is 9.96. The van der Waals surface area contributed by atoms with Gasteiger partial charge in [-0.2, -0.15) is 0 Å². The van der Waals surface area contributed by atoms with Crippen LogP contribution < -0.4 is 5.32 Å². The van der Waals surface area contributed by atoms with Gasteiger partial charge in [0.15, 0.2) is 0 Å². The zero-order valence-corrected chi connectivity index (χ0v) is 9.08. The molecule has 82 valence electrons. The van der Waals surface area contributed by atoms with Crippen molar-refractivity contribution in [3.63, 3.8) is 0 Å². The summed E-state index contributed by atoms with van der Waals surface area (Å²) in [5.41, 5.74) is 0.